The molecule has 1 heterocycles. The van der Waals surface area contributed by atoms with Crippen molar-refractivity contribution < 1.29 is 0 Å². The Morgan fingerprint density at radius 1 is 1.46 bits per heavy atom. The van der Waals surface area contributed by atoms with Crippen molar-refractivity contribution in [3.63, 3.8) is 0 Å². The van der Waals surface area contributed by atoms with Crippen molar-refractivity contribution in [1.82, 2.24) is 0 Å². The number of rotatable bonds is 0. The van der Waals surface area contributed by atoms with Gasteiger partial charge in [0.05, 0.1) is 18.0 Å². The maximum atomic E-state index is 8.81. The van der Waals surface area contributed by atoms with Gasteiger partial charge in [-0.15, -0.1) is 0 Å². The van der Waals surface area contributed by atoms with E-state index in [0.717, 1.165) is 10.6 Å². The van der Waals surface area contributed by atoms with Gasteiger partial charge in [-0.1, -0.05) is 18.2 Å². The Bertz CT molecular complexity index is 484. The van der Waals surface area contributed by atoms with Gasteiger partial charge in [-0.3, -0.25) is 4.99 Å². The van der Waals surface area contributed by atoms with Gasteiger partial charge in [0, 0.05) is 0 Å². The average molecular weight is 171 g/mol. The summed E-state index contributed by atoms with van der Waals surface area (Å²) in [5.41, 5.74) is 4.84. The largest absolute Gasteiger partial charge is 0.309 e. The third kappa shape index (κ3) is 1.32. The van der Waals surface area contributed by atoms with E-state index in [1.54, 1.807) is 6.08 Å². The lowest BCUT2D eigenvalue weighted by molar-refractivity contribution is 0.692. The summed E-state index contributed by atoms with van der Waals surface area (Å²) in [5, 5.41) is 10.7. The van der Waals surface area contributed by atoms with Crippen LogP contribution >= 0.6 is 0 Å². The van der Waals surface area contributed by atoms with Crippen LogP contribution in [0.5, 0.6) is 0 Å². The molecule has 0 bridgehead atoms. The van der Waals surface area contributed by atoms with Gasteiger partial charge in [0.15, 0.2) is 0 Å². The number of fused-ring (bicyclic) bond motifs is 1. The fourth-order valence-corrected chi connectivity index (χ4v) is 1.36. The Morgan fingerprint density at radius 2 is 2.23 bits per heavy atom. The number of hydrogen-bond donors (Lipinski definition) is 1. The highest BCUT2D eigenvalue weighted by molar-refractivity contribution is 5.45. The van der Waals surface area contributed by atoms with Gasteiger partial charge in [-0.05, 0) is 17.4 Å². The van der Waals surface area contributed by atoms with Gasteiger partial charge < -0.3 is 5.73 Å². The van der Waals surface area contributed by atoms with Crippen LogP contribution in [0, 0.1) is 11.3 Å². The summed E-state index contributed by atoms with van der Waals surface area (Å²) in [5.74, 6) is 0. The third-order valence-electron chi connectivity index (χ3n) is 2.07. The minimum atomic E-state index is -0.922. The second-order valence-electron chi connectivity index (χ2n) is 3.17. The summed E-state index contributed by atoms with van der Waals surface area (Å²) in [7, 11) is 0. The summed E-state index contributed by atoms with van der Waals surface area (Å²) in [6, 6.07) is 9.72. The van der Waals surface area contributed by atoms with Crippen LogP contribution in [-0.2, 0) is 0 Å². The number of nitrogens with two attached hydrogens (primary N) is 1. The van der Waals surface area contributed by atoms with Crippen molar-refractivity contribution in [2.45, 2.75) is 5.54 Å². The highest BCUT2D eigenvalue weighted by atomic mass is 14.9. The van der Waals surface area contributed by atoms with E-state index in [1.807, 2.05) is 30.3 Å². The molecular formula is C10H9N3. The van der Waals surface area contributed by atoms with E-state index in [4.69, 9.17) is 11.0 Å². The molecule has 0 aromatic heterocycles. The van der Waals surface area contributed by atoms with Crippen LogP contribution in [0.4, 0.5) is 0 Å². The molecule has 2 rings (SSSR count). The molecule has 3 heteroatoms. The minimum Gasteiger partial charge on any atom is -0.309 e. The van der Waals surface area contributed by atoms with Crippen molar-refractivity contribution in [1.29, 1.82) is 5.26 Å². The number of benzene rings is 1. The van der Waals surface area contributed by atoms with Crippen molar-refractivity contribution in [2.24, 2.45) is 10.7 Å². The van der Waals surface area contributed by atoms with Gasteiger partial charge in [-0.25, -0.2) is 0 Å². The summed E-state index contributed by atoms with van der Waals surface area (Å²) in [6.45, 7) is 0.348. The predicted octanol–water partition coefficient (Wildman–Crippen LogP) is -0.679. The van der Waals surface area contributed by atoms with E-state index in [0.29, 0.717) is 6.54 Å². The van der Waals surface area contributed by atoms with Gasteiger partial charge in [-0.2, -0.15) is 5.26 Å². The Labute approximate surface area is 75.8 Å². The summed E-state index contributed by atoms with van der Waals surface area (Å²) in [6.07, 6.45) is 1.77. The van der Waals surface area contributed by atoms with Crippen LogP contribution < -0.4 is 16.3 Å². The van der Waals surface area contributed by atoms with E-state index in [9.17, 15) is 0 Å². The monoisotopic (exact) mass is 171 g/mol. The molecule has 1 atom stereocenters. The van der Waals surface area contributed by atoms with Crippen LogP contribution in [0.25, 0.3) is 6.08 Å². The molecule has 0 radical (unpaired) electrons. The van der Waals surface area contributed by atoms with Crippen molar-refractivity contribution >= 4 is 6.08 Å². The van der Waals surface area contributed by atoms with Crippen LogP contribution in [0.1, 0.15) is 0 Å². The first-order valence-electron chi connectivity index (χ1n) is 4.06. The van der Waals surface area contributed by atoms with Crippen LogP contribution in [0.15, 0.2) is 29.3 Å². The molecule has 3 nitrogen and oxygen atoms in total. The lowest BCUT2D eigenvalue weighted by Crippen LogP contribution is -2.46. The van der Waals surface area contributed by atoms with Gasteiger partial charge in [0.2, 0.25) is 0 Å². The van der Waals surface area contributed by atoms with E-state index in [2.05, 4.69) is 4.99 Å². The number of para-hydroxylation sites is 1. The molecule has 1 aliphatic heterocycles. The minimum absolute atomic E-state index is 0.348. The summed E-state index contributed by atoms with van der Waals surface area (Å²) >= 11 is 0. The van der Waals surface area contributed by atoms with Gasteiger partial charge >= 0.3 is 0 Å². The van der Waals surface area contributed by atoms with E-state index in [-0.39, 0.29) is 0 Å². The first kappa shape index (κ1) is 7.96. The standard InChI is InChI=1S/C10H9N3/c11-6-10(12)5-8-3-1-2-4-9(8)13-7-10/h1-5H,7,12H2. The quantitative estimate of drug-likeness (QED) is 0.562. The highest BCUT2D eigenvalue weighted by Crippen LogP contribution is 2.02. The normalized spacial score (nSPS) is 24.9. The Kier molecular flexibility index (Phi) is 1.64. The summed E-state index contributed by atoms with van der Waals surface area (Å²) in [4.78, 5) is 4.24. The molecule has 13 heavy (non-hydrogen) atoms. The van der Waals surface area contributed by atoms with E-state index < -0.39 is 5.54 Å². The van der Waals surface area contributed by atoms with Crippen LogP contribution in [0.3, 0.4) is 0 Å². The van der Waals surface area contributed by atoms with Crippen molar-refractivity contribution in [2.75, 3.05) is 6.54 Å². The van der Waals surface area contributed by atoms with Crippen LogP contribution in [0.2, 0.25) is 0 Å². The molecule has 2 N–H and O–H groups in total. The third-order valence-corrected chi connectivity index (χ3v) is 2.07. The zero-order chi connectivity index (χ0) is 9.31. The molecule has 0 saturated carbocycles. The smallest absolute Gasteiger partial charge is 0.143 e. The van der Waals surface area contributed by atoms with Crippen molar-refractivity contribution in [3.05, 3.63) is 34.8 Å². The Balaban J connectivity index is 2.70. The molecule has 1 aliphatic rings. The number of nitriles is 1. The van der Waals surface area contributed by atoms with Crippen molar-refractivity contribution in [3.8, 4) is 6.07 Å². The average Bonchev–Trinajstić information content (AvgIpc) is 2.18. The highest BCUT2D eigenvalue weighted by Gasteiger charge is 2.22. The summed E-state index contributed by atoms with van der Waals surface area (Å²) < 4.78 is 0. The Morgan fingerprint density at radius 3 is 3.00 bits per heavy atom. The van der Waals surface area contributed by atoms with E-state index in [1.165, 1.54) is 0 Å². The predicted molar refractivity (Wildman–Crippen MR) is 49.1 cm³/mol. The Hall–Kier alpha value is -1.66. The molecule has 0 aliphatic carbocycles. The maximum absolute atomic E-state index is 8.81. The molecular weight excluding hydrogens is 162 g/mol. The number of nitrogens with zero attached hydrogens (tertiary/aromatic N) is 2. The first-order valence-corrected chi connectivity index (χ1v) is 4.06. The lowest BCUT2D eigenvalue weighted by atomic mass is 9.99. The molecule has 64 valence electrons. The first-order chi connectivity index (χ1) is 6.23. The molecule has 1 unspecified atom stereocenters. The second kappa shape index (κ2) is 2.68. The maximum Gasteiger partial charge on any atom is 0.143 e. The van der Waals surface area contributed by atoms with Crippen LogP contribution in [-0.4, -0.2) is 12.1 Å². The fraction of sp³-hybridized carbons (Fsp3) is 0.200. The molecule has 1 aromatic rings. The second-order valence-corrected chi connectivity index (χ2v) is 3.17. The fourth-order valence-electron chi connectivity index (χ4n) is 1.36. The molecule has 0 saturated heterocycles. The molecule has 1 aromatic carbocycles. The SMILES string of the molecule is N#CC1(N)C=c2ccccc2=NC1. The van der Waals surface area contributed by atoms with E-state index >= 15 is 0 Å². The molecule has 0 spiro atoms. The zero-order valence-electron chi connectivity index (χ0n) is 7.07. The van der Waals surface area contributed by atoms with Gasteiger partial charge in [0.1, 0.15) is 5.54 Å². The molecule has 0 amide bonds. The molecule has 0 fully saturated rings. The topological polar surface area (TPSA) is 62.2 Å². The zero-order valence-corrected chi connectivity index (χ0v) is 7.07. The lowest BCUT2D eigenvalue weighted by Gasteiger charge is -2.16. The van der Waals surface area contributed by atoms with Gasteiger partial charge in [0.25, 0.3) is 0 Å². The number of hydrogen-bond acceptors (Lipinski definition) is 3.